The van der Waals surface area contributed by atoms with Crippen molar-refractivity contribution in [2.75, 3.05) is 5.32 Å². The smallest absolute Gasteiger partial charge is 0.310 e. The number of aliphatic carboxylic acids is 1. The van der Waals surface area contributed by atoms with Gasteiger partial charge in [0.1, 0.15) is 5.82 Å². The highest BCUT2D eigenvalue weighted by Gasteiger charge is 2.45. The van der Waals surface area contributed by atoms with Crippen molar-refractivity contribution in [3.8, 4) is 11.4 Å². The SMILES string of the molecule is O=C(CC1(C(=O)O)CCC1)Nc1cccc(-c2nnc3n2CCCCC3)c1. The van der Waals surface area contributed by atoms with Crippen molar-refractivity contribution in [1.82, 2.24) is 14.8 Å². The zero-order valence-corrected chi connectivity index (χ0v) is 15.3. The summed E-state index contributed by atoms with van der Waals surface area (Å²) in [5.74, 6) is 0.715. The maximum absolute atomic E-state index is 12.4. The highest BCUT2D eigenvalue weighted by atomic mass is 16.4. The third-order valence-corrected chi connectivity index (χ3v) is 5.78. The van der Waals surface area contributed by atoms with Crippen LogP contribution in [0.3, 0.4) is 0 Å². The molecule has 2 N–H and O–H groups in total. The number of benzene rings is 1. The highest BCUT2D eigenvalue weighted by molar-refractivity contribution is 5.95. The van der Waals surface area contributed by atoms with E-state index < -0.39 is 11.4 Å². The molecule has 0 bridgehead atoms. The Morgan fingerprint density at radius 2 is 2.00 bits per heavy atom. The second-order valence-corrected chi connectivity index (χ2v) is 7.65. The van der Waals surface area contributed by atoms with Gasteiger partial charge in [-0.25, -0.2) is 0 Å². The van der Waals surface area contributed by atoms with E-state index in [2.05, 4.69) is 20.1 Å². The lowest BCUT2D eigenvalue weighted by Crippen LogP contribution is -2.41. The summed E-state index contributed by atoms with van der Waals surface area (Å²) >= 11 is 0. The van der Waals surface area contributed by atoms with Gasteiger partial charge in [-0.15, -0.1) is 10.2 Å². The molecule has 0 spiro atoms. The van der Waals surface area contributed by atoms with Crippen LogP contribution in [0.2, 0.25) is 0 Å². The minimum Gasteiger partial charge on any atom is -0.481 e. The Labute approximate surface area is 157 Å². The molecule has 4 rings (SSSR count). The van der Waals surface area contributed by atoms with Gasteiger partial charge in [0.25, 0.3) is 0 Å². The van der Waals surface area contributed by atoms with Gasteiger partial charge in [0.15, 0.2) is 5.82 Å². The molecule has 1 aromatic heterocycles. The van der Waals surface area contributed by atoms with Gasteiger partial charge < -0.3 is 15.0 Å². The lowest BCUT2D eigenvalue weighted by Gasteiger charge is -2.36. The van der Waals surface area contributed by atoms with E-state index in [1.165, 1.54) is 6.42 Å². The number of aryl methyl sites for hydroxylation is 1. The first-order valence-electron chi connectivity index (χ1n) is 9.63. The van der Waals surface area contributed by atoms with Gasteiger partial charge >= 0.3 is 5.97 Å². The summed E-state index contributed by atoms with van der Waals surface area (Å²) < 4.78 is 2.17. The third-order valence-electron chi connectivity index (χ3n) is 5.78. The maximum atomic E-state index is 12.4. The van der Waals surface area contributed by atoms with Crippen LogP contribution in [0.5, 0.6) is 0 Å². The zero-order valence-electron chi connectivity index (χ0n) is 15.3. The van der Waals surface area contributed by atoms with Crippen molar-refractivity contribution in [3.05, 3.63) is 30.1 Å². The molecule has 7 heteroatoms. The second-order valence-electron chi connectivity index (χ2n) is 7.65. The van der Waals surface area contributed by atoms with E-state index >= 15 is 0 Å². The molecule has 2 heterocycles. The second kappa shape index (κ2) is 7.13. The molecule has 1 fully saturated rings. The molecule has 27 heavy (non-hydrogen) atoms. The Hall–Kier alpha value is -2.70. The van der Waals surface area contributed by atoms with E-state index in [9.17, 15) is 14.7 Å². The van der Waals surface area contributed by atoms with Gasteiger partial charge in [0.05, 0.1) is 5.41 Å². The van der Waals surface area contributed by atoms with Crippen LogP contribution < -0.4 is 5.32 Å². The van der Waals surface area contributed by atoms with Gasteiger partial charge in [-0.2, -0.15) is 0 Å². The molecule has 1 aromatic carbocycles. The van der Waals surface area contributed by atoms with Crippen molar-refractivity contribution >= 4 is 17.6 Å². The summed E-state index contributed by atoms with van der Waals surface area (Å²) in [6, 6.07) is 7.53. The van der Waals surface area contributed by atoms with E-state index in [-0.39, 0.29) is 12.3 Å². The highest BCUT2D eigenvalue weighted by Crippen LogP contribution is 2.44. The number of anilines is 1. The molecule has 0 atom stereocenters. The van der Waals surface area contributed by atoms with Crippen molar-refractivity contribution in [3.63, 3.8) is 0 Å². The molecule has 0 saturated heterocycles. The minimum absolute atomic E-state index is 0.0207. The van der Waals surface area contributed by atoms with E-state index in [1.54, 1.807) is 0 Å². The fourth-order valence-corrected chi connectivity index (χ4v) is 4.02. The third kappa shape index (κ3) is 3.46. The maximum Gasteiger partial charge on any atom is 0.310 e. The lowest BCUT2D eigenvalue weighted by atomic mass is 9.66. The standard InChI is InChI=1S/C20H24N4O3/c25-17(13-20(19(26)27)9-5-10-20)21-15-7-4-6-14(12-15)18-23-22-16-8-2-1-3-11-24(16)18/h4,6-7,12H,1-3,5,8-11,13H2,(H,21,25)(H,26,27). The van der Waals surface area contributed by atoms with Crippen molar-refractivity contribution in [1.29, 1.82) is 0 Å². The fourth-order valence-electron chi connectivity index (χ4n) is 4.02. The van der Waals surface area contributed by atoms with Crippen LogP contribution in [-0.2, 0) is 22.6 Å². The molecule has 2 aliphatic rings. The van der Waals surface area contributed by atoms with Gasteiger partial charge in [-0.05, 0) is 37.8 Å². The molecule has 2 aromatic rings. The summed E-state index contributed by atoms with van der Waals surface area (Å²) in [5, 5.41) is 20.9. The largest absolute Gasteiger partial charge is 0.481 e. The van der Waals surface area contributed by atoms with Crippen molar-refractivity contribution in [2.45, 2.75) is 57.9 Å². The van der Waals surface area contributed by atoms with Gasteiger partial charge in [-0.1, -0.05) is 25.0 Å². The number of hydrogen-bond acceptors (Lipinski definition) is 4. The first kappa shape index (κ1) is 17.7. The lowest BCUT2D eigenvalue weighted by molar-refractivity contribution is -0.157. The van der Waals surface area contributed by atoms with E-state index in [0.29, 0.717) is 18.5 Å². The summed E-state index contributed by atoms with van der Waals surface area (Å²) in [5.41, 5.74) is 0.680. The Kier molecular flexibility index (Phi) is 4.68. The Morgan fingerprint density at radius 3 is 2.74 bits per heavy atom. The number of fused-ring (bicyclic) bond motifs is 1. The Bertz CT molecular complexity index is 870. The molecule has 7 nitrogen and oxygen atoms in total. The number of nitrogens with zero attached hydrogens (tertiary/aromatic N) is 3. The van der Waals surface area contributed by atoms with Crippen LogP contribution in [-0.4, -0.2) is 31.7 Å². The number of carboxylic acids is 1. The van der Waals surface area contributed by atoms with Crippen LogP contribution in [0.4, 0.5) is 5.69 Å². The number of carboxylic acid groups (broad SMARTS) is 1. The predicted molar refractivity (Wildman–Crippen MR) is 100 cm³/mol. The van der Waals surface area contributed by atoms with Gasteiger partial charge in [0.2, 0.25) is 5.91 Å². The number of carbonyl (C=O) groups is 2. The summed E-state index contributed by atoms with van der Waals surface area (Å²) in [6.07, 6.45) is 6.43. The van der Waals surface area contributed by atoms with Gasteiger partial charge in [0, 0.05) is 30.6 Å². The number of hydrogen-bond donors (Lipinski definition) is 2. The number of carbonyl (C=O) groups excluding carboxylic acids is 1. The minimum atomic E-state index is -0.883. The van der Waals surface area contributed by atoms with Crippen LogP contribution in [0.15, 0.2) is 24.3 Å². The molecule has 0 radical (unpaired) electrons. The van der Waals surface area contributed by atoms with E-state index in [1.807, 2.05) is 24.3 Å². The first-order valence-corrected chi connectivity index (χ1v) is 9.63. The molecule has 1 aliphatic carbocycles. The molecule has 1 saturated carbocycles. The summed E-state index contributed by atoms with van der Waals surface area (Å²) in [6.45, 7) is 0.912. The average molecular weight is 368 g/mol. The number of nitrogens with one attached hydrogen (secondary N) is 1. The summed E-state index contributed by atoms with van der Waals surface area (Å²) in [4.78, 5) is 23.9. The Morgan fingerprint density at radius 1 is 1.15 bits per heavy atom. The molecule has 142 valence electrons. The van der Waals surface area contributed by atoms with Crippen LogP contribution >= 0.6 is 0 Å². The topological polar surface area (TPSA) is 97.1 Å². The van der Waals surface area contributed by atoms with E-state index in [0.717, 1.165) is 49.4 Å². The normalized spacial score (nSPS) is 18.1. The predicted octanol–water partition coefficient (Wildman–Crippen LogP) is 3.26. The zero-order chi connectivity index (χ0) is 18.9. The Balaban J connectivity index is 1.51. The monoisotopic (exact) mass is 368 g/mol. The van der Waals surface area contributed by atoms with Crippen molar-refractivity contribution < 1.29 is 14.7 Å². The van der Waals surface area contributed by atoms with Gasteiger partial charge in [-0.3, -0.25) is 9.59 Å². The van der Waals surface area contributed by atoms with E-state index in [4.69, 9.17) is 0 Å². The molecule has 1 amide bonds. The first-order chi connectivity index (χ1) is 13.1. The number of amides is 1. The summed E-state index contributed by atoms with van der Waals surface area (Å²) in [7, 11) is 0. The number of rotatable bonds is 5. The van der Waals surface area contributed by atoms with Crippen LogP contribution in [0.25, 0.3) is 11.4 Å². The fraction of sp³-hybridized carbons (Fsp3) is 0.500. The average Bonchev–Trinajstić information content (AvgIpc) is 2.86. The molecular formula is C20H24N4O3. The van der Waals surface area contributed by atoms with Crippen LogP contribution in [0.1, 0.15) is 50.8 Å². The molecule has 1 aliphatic heterocycles. The molecule has 0 unspecified atom stereocenters. The van der Waals surface area contributed by atoms with Crippen LogP contribution in [0, 0.1) is 5.41 Å². The van der Waals surface area contributed by atoms with Crippen molar-refractivity contribution in [2.24, 2.45) is 5.41 Å². The number of aromatic nitrogens is 3. The molecular weight excluding hydrogens is 344 g/mol. The quantitative estimate of drug-likeness (QED) is 0.844.